The second-order valence-corrected chi connectivity index (χ2v) is 6.27. The first-order valence-electron chi connectivity index (χ1n) is 7.54. The maximum atomic E-state index is 8.85. The van der Waals surface area contributed by atoms with Gasteiger partial charge in [-0.1, -0.05) is 12.1 Å². The van der Waals surface area contributed by atoms with E-state index in [4.69, 9.17) is 10.9 Å². The van der Waals surface area contributed by atoms with Crippen LogP contribution in [0.1, 0.15) is 38.1 Å². The van der Waals surface area contributed by atoms with Gasteiger partial charge >= 0.3 is 0 Å². The molecule has 0 spiro atoms. The molecule has 2 rings (SSSR count). The third kappa shape index (κ3) is 3.58. The number of halogens is 1. The molecule has 1 aliphatic heterocycles. The second-order valence-electron chi connectivity index (χ2n) is 5.48. The third-order valence-electron chi connectivity index (χ3n) is 4.11. The highest BCUT2D eigenvalue weighted by Gasteiger charge is 2.25. The third-order valence-corrected chi connectivity index (χ3v) is 5.02. The first kappa shape index (κ1) is 16.3. The number of nitrogens with zero attached hydrogens (tertiary/aromatic N) is 4. The van der Waals surface area contributed by atoms with Crippen molar-refractivity contribution >= 4 is 21.8 Å². The predicted molar refractivity (Wildman–Crippen MR) is 86.4 cm³/mol. The predicted octanol–water partition coefficient (Wildman–Crippen LogP) is 2.19. The number of oxime groups is 1. The Bertz CT molecular complexity index is 514. The Kier molecular flexibility index (Phi) is 5.64. The maximum absolute atomic E-state index is 8.85. The van der Waals surface area contributed by atoms with Crippen LogP contribution in [0.4, 0.5) is 0 Å². The van der Waals surface area contributed by atoms with Gasteiger partial charge in [0.2, 0.25) is 0 Å². The van der Waals surface area contributed by atoms with Gasteiger partial charge in [-0.25, -0.2) is 0 Å². The first-order chi connectivity index (χ1) is 10.1. The van der Waals surface area contributed by atoms with Gasteiger partial charge in [-0.2, -0.15) is 5.10 Å². The van der Waals surface area contributed by atoms with Crippen LogP contribution >= 0.6 is 15.9 Å². The number of aromatic nitrogens is 2. The fourth-order valence-electron chi connectivity index (χ4n) is 2.90. The Labute approximate surface area is 134 Å². The summed E-state index contributed by atoms with van der Waals surface area (Å²) < 4.78 is 3.19. The van der Waals surface area contributed by atoms with E-state index < -0.39 is 0 Å². The largest absolute Gasteiger partial charge is 0.409 e. The van der Waals surface area contributed by atoms with Crippen LogP contribution in [-0.4, -0.2) is 38.8 Å². The molecule has 1 aromatic rings. The van der Waals surface area contributed by atoms with Crippen LogP contribution in [0.5, 0.6) is 0 Å². The zero-order valence-electron chi connectivity index (χ0n) is 12.7. The zero-order chi connectivity index (χ0) is 15.4. The van der Waals surface area contributed by atoms with E-state index in [1.807, 2.05) is 0 Å². The SMILES string of the molecule is CCc1nn(CC)c(CN2CCCC(C(N)=NO)C2)c1Br. The summed E-state index contributed by atoms with van der Waals surface area (Å²) in [6.07, 6.45) is 2.98. The van der Waals surface area contributed by atoms with E-state index in [9.17, 15) is 0 Å². The number of nitrogens with two attached hydrogens (primary N) is 1. The number of hydrogen-bond acceptors (Lipinski definition) is 4. The first-order valence-corrected chi connectivity index (χ1v) is 8.33. The molecule has 0 aliphatic carbocycles. The number of aryl methyl sites for hydroxylation is 2. The van der Waals surface area contributed by atoms with Crippen LogP contribution in [0, 0.1) is 5.92 Å². The molecule has 0 aromatic carbocycles. The number of amidine groups is 1. The molecule has 0 bridgehead atoms. The molecule has 0 saturated carbocycles. The molecular formula is C14H24BrN5O. The van der Waals surface area contributed by atoms with Crippen molar-refractivity contribution in [2.75, 3.05) is 13.1 Å². The highest BCUT2D eigenvalue weighted by Crippen LogP contribution is 2.26. The molecule has 21 heavy (non-hydrogen) atoms. The van der Waals surface area contributed by atoms with E-state index in [0.717, 1.165) is 55.6 Å². The minimum atomic E-state index is 0.145. The van der Waals surface area contributed by atoms with Crippen LogP contribution in [0.2, 0.25) is 0 Å². The second kappa shape index (κ2) is 7.26. The van der Waals surface area contributed by atoms with Crippen LogP contribution in [0.3, 0.4) is 0 Å². The summed E-state index contributed by atoms with van der Waals surface area (Å²) in [5.41, 5.74) is 8.09. The summed E-state index contributed by atoms with van der Waals surface area (Å²) >= 11 is 3.69. The summed E-state index contributed by atoms with van der Waals surface area (Å²) in [5, 5.41) is 16.6. The van der Waals surface area contributed by atoms with Crippen molar-refractivity contribution in [3.8, 4) is 0 Å². The van der Waals surface area contributed by atoms with Crippen molar-refractivity contribution in [2.45, 2.75) is 46.2 Å². The van der Waals surface area contributed by atoms with Gasteiger partial charge in [-0.05, 0) is 48.7 Å². The van der Waals surface area contributed by atoms with Gasteiger partial charge in [0, 0.05) is 25.6 Å². The lowest BCUT2D eigenvalue weighted by atomic mass is 9.97. The van der Waals surface area contributed by atoms with E-state index in [2.05, 4.69) is 49.6 Å². The number of rotatable bonds is 5. The van der Waals surface area contributed by atoms with Gasteiger partial charge in [0.1, 0.15) is 5.84 Å². The summed E-state index contributed by atoms with van der Waals surface area (Å²) in [4.78, 5) is 2.36. The fraction of sp³-hybridized carbons (Fsp3) is 0.714. The average molecular weight is 358 g/mol. The number of likely N-dealkylation sites (tertiary alicyclic amines) is 1. The van der Waals surface area contributed by atoms with Crippen molar-refractivity contribution in [3.05, 3.63) is 15.9 Å². The van der Waals surface area contributed by atoms with Gasteiger partial charge in [0.15, 0.2) is 0 Å². The lowest BCUT2D eigenvalue weighted by Gasteiger charge is -2.32. The normalized spacial score (nSPS) is 20.9. The lowest BCUT2D eigenvalue weighted by Crippen LogP contribution is -2.41. The Hall–Kier alpha value is -1.08. The molecule has 6 nitrogen and oxygen atoms in total. The van der Waals surface area contributed by atoms with Crippen molar-refractivity contribution in [1.29, 1.82) is 0 Å². The van der Waals surface area contributed by atoms with E-state index in [1.54, 1.807) is 0 Å². The Morgan fingerprint density at radius 1 is 1.52 bits per heavy atom. The topological polar surface area (TPSA) is 79.7 Å². The van der Waals surface area contributed by atoms with Crippen LogP contribution in [0.15, 0.2) is 9.63 Å². The molecular weight excluding hydrogens is 334 g/mol. The van der Waals surface area contributed by atoms with Crippen molar-refractivity contribution in [2.24, 2.45) is 16.8 Å². The summed E-state index contributed by atoms with van der Waals surface area (Å²) in [7, 11) is 0. The fourth-order valence-corrected chi connectivity index (χ4v) is 3.59. The van der Waals surface area contributed by atoms with Gasteiger partial charge in [-0.15, -0.1) is 0 Å². The van der Waals surface area contributed by atoms with Crippen molar-refractivity contribution in [1.82, 2.24) is 14.7 Å². The summed E-state index contributed by atoms with van der Waals surface area (Å²) in [6, 6.07) is 0. The number of piperidine rings is 1. The van der Waals surface area contributed by atoms with E-state index >= 15 is 0 Å². The molecule has 2 heterocycles. The van der Waals surface area contributed by atoms with Crippen LogP contribution in [0.25, 0.3) is 0 Å². The maximum Gasteiger partial charge on any atom is 0.143 e. The average Bonchev–Trinajstić information content (AvgIpc) is 2.82. The summed E-state index contributed by atoms with van der Waals surface area (Å²) in [6.45, 7) is 7.81. The van der Waals surface area contributed by atoms with Gasteiger partial charge in [-0.3, -0.25) is 9.58 Å². The monoisotopic (exact) mass is 357 g/mol. The van der Waals surface area contributed by atoms with Crippen LogP contribution < -0.4 is 5.73 Å². The minimum absolute atomic E-state index is 0.145. The highest BCUT2D eigenvalue weighted by atomic mass is 79.9. The Balaban J connectivity index is 2.12. The highest BCUT2D eigenvalue weighted by molar-refractivity contribution is 9.10. The van der Waals surface area contributed by atoms with Crippen LogP contribution in [-0.2, 0) is 19.5 Å². The molecule has 7 heteroatoms. The molecule has 1 aliphatic rings. The quantitative estimate of drug-likeness (QED) is 0.366. The minimum Gasteiger partial charge on any atom is -0.409 e. The Morgan fingerprint density at radius 3 is 2.90 bits per heavy atom. The smallest absolute Gasteiger partial charge is 0.143 e. The number of hydrogen-bond donors (Lipinski definition) is 2. The molecule has 3 N–H and O–H groups in total. The Morgan fingerprint density at radius 2 is 2.29 bits per heavy atom. The van der Waals surface area contributed by atoms with E-state index in [1.165, 1.54) is 5.69 Å². The van der Waals surface area contributed by atoms with E-state index in [-0.39, 0.29) is 5.92 Å². The van der Waals surface area contributed by atoms with Gasteiger partial charge < -0.3 is 10.9 Å². The molecule has 1 saturated heterocycles. The van der Waals surface area contributed by atoms with Crippen molar-refractivity contribution < 1.29 is 5.21 Å². The molecule has 1 aromatic heterocycles. The molecule has 1 unspecified atom stereocenters. The molecule has 0 amide bonds. The molecule has 0 radical (unpaired) electrons. The molecule has 1 atom stereocenters. The van der Waals surface area contributed by atoms with Crippen molar-refractivity contribution in [3.63, 3.8) is 0 Å². The molecule has 118 valence electrons. The van der Waals surface area contributed by atoms with Gasteiger partial charge in [0.05, 0.1) is 15.9 Å². The zero-order valence-corrected chi connectivity index (χ0v) is 14.3. The summed E-state index contributed by atoms with van der Waals surface area (Å²) in [5.74, 6) is 0.489. The van der Waals surface area contributed by atoms with E-state index in [0.29, 0.717) is 5.84 Å². The lowest BCUT2D eigenvalue weighted by molar-refractivity contribution is 0.188. The standard InChI is InChI=1S/C14H24BrN5O/c1-3-11-13(15)12(20(4-2)17-11)9-19-7-5-6-10(8-19)14(16)18-21/h10,21H,3-9H2,1-2H3,(H2,16,18). The molecule has 1 fully saturated rings. The van der Waals surface area contributed by atoms with Gasteiger partial charge in [0.25, 0.3) is 0 Å².